The second-order valence-electron chi connectivity index (χ2n) is 6.34. The highest BCUT2D eigenvalue weighted by Crippen LogP contribution is 2.23. The summed E-state index contributed by atoms with van der Waals surface area (Å²) in [6.45, 7) is 5.56. The van der Waals surface area contributed by atoms with Gasteiger partial charge in [0.1, 0.15) is 18.2 Å². The molecule has 1 fully saturated rings. The molecule has 3 aromatic rings. The van der Waals surface area contributed by atoms with Crippen LogP contribution in [0.5, 0.6) is 5.75 Å². The second-order valence-corrected chi connectivity index (χ2v) is 6.74. The van der Waals surface area contributed by atoms with Gasteiger partial charge in [0.25, 0.3) is 0 Å². The predicted octanol–water partition coefficient (Wildman–Crippen LogP) is 3.60. The fourth-order valence-electron chi connectivity index (χ4n) is 3.26. The zero-order chi connectivity index (χ0) is 17.8. The molecule has 0 unspecified atom stereocenters. The monoisotopic (exact) mass is 371 g/mol. The molecule has 2 heterocycles. The van der Waals surface area contributed by atoms with Crippen molar-refractivity contribution in [3.63, 3.8) is 0 Å². The first kappa shape index (κ1) is 17.3. The van der Waals surface area contributed by atoms with E-state index in [9.17, 15) is 0 Å². The van der Waals surface area contributed by atoms with Gasteiger partial charge in [-0.15, -0.1) is 0 Å². The van der Waals surface area contributed by atoms with Crippen LogP contribution in [0.2, 0.25) is 5.02 Å². The van der Waals surface area contributed by atoms with Crippen LogP contribution in [0.1, 0.15) is 5.82 Å². The molecule has 0 spiro atoms. The molecule has 0 amide bonds. The van der Waals surface area contributed by atoms with E-state index in [1.807, 2.05) is 36.4 Å². The van der Waals surface area contributed by atoms with Crippen LogP contribution in [0.3, 0.4) is 0 Å². The summed E-state index contributed by atoms with van der Waals surface area (Å²) in [5.41, 5.74) is 2.16. The number of rotatable bonds is 6. The minimum absolute atomic E-state index is 0.542. The van der Waals surface area contributed by atoms with E-state index in [0.717, 1.165) is 56.3 Å². The van der Waals surface area contributed by atoms with Crippen LogP contribution >= 0.6 is 11.6 Å². The number of hydrogen-bond donors (Lipinski definition) is 0. The van der Waals surface area contributed by atoms with E-state index < -0.39 is 0 Å². The lowest BCUT2D eigenvalue weighted by molar-refractivity contribution is 0.0326. The Balaban J connectivity index is 1.52. The van der Waals surface area contributed by atoms with Crippen LogP contribution in [0, 0.1) is 0 Å². The zero-order valence-electron chi connectivity index (χ0n) is 14.6. The second kappa shape index (κ2) is 8.08. The number of imidazole rings is 1. The number of fused-ring (bicyclic) bond motifs is 1. The third-order valence-corrected chi connectivity index (χ3v) is 4.92. The molecule has 0 aliphatic carbocycles. The van der Waals surface area contributed by atoms with Gasteiger partial charge in [0.05, 0.1) is 42.4 Å². The summed E-state index contributed by atoms with van der Waals surface area (Å²) in [5.74, 6) is 1.78. The minimum atomic E-state index is 0.542. The summed E-state index contributed by atoms with van der Waals surface area (Å²) >= 11 is 6.18. The van der Waals surface area contributed by atoms with Gasteiger partial charge in [-0.3, -0.25) is 4.90 Å². The third-order valence-electron chi connectivity index (χ3n) is 4.61. The number of hydrogen-bond acceptors (Lipinski definition) is 4. The molecule has 1 aliphatic rings. The van der Waals surface area contributed by atoms with Crippen molar-refractivity contribution in [1.29, 1.82) is 0 Å². The molecule has 0 bridgehead atoms. The average molecular weight is 372 g/mol. The maximum atomic E-state index is 6.18. The van der Waals surface area contributed by atoms with Crippen molar-refractivity contribution in [1.82, 2.24) is 14.5 Å². The standard InChI is InChI=1S/C20H22ClN3O2/c21-16-5-1-4-8-19(16)26-14-11-24-18-7-3-2-6-17(18)22-20(24)15-23-9-12-25-13-10-23/h1-8H,9-15H2. The van der Waals surface area contributed by atoms with E-state index in [4.69, 9.17) is 26.1 Å². The smallest absolute Gasteiger partial charge is 0.137 e. The van der Waals surface area contributed by atoms with Crippen molar-refractivity contribution < 1.29 is 9.47 Å². The zero-order valence-corrected chi connectivity index (χ0v) is 15.4. The fourth-order valence-corrected chi connectivity index (χ4v) is 3.45. The SMILES string of the molecule is Clc1ccccc1OCCn1c(CN2CCOCC2)nc2ccccc21. The fraction of sp³-hybridized carbons (Fsp3) is 0.350. The summed E-state index contributed by atoms with van der Waals surface area (Å²) in [4.78, 5) is 7.23. The van der Waals surface area contributed by atoms with Gasteiger partial charge in [-0.2, -0.15) is 0 Å². The van der Waals surface area contributed by atoms with Crippen LogP contribution in [0.4, 0.5) is 0 Å². The summed E-state index contributed by atoms with van der Waals surface area (Å²) in [6, 6.07) is 15.8. The Morgan fingerprint density at radius 3 is 2.65 bits per heavy atom. The van der Waals surface area contributed by atoms with Crippen molar-refractivity contribution in [2.75, 3.05) is 32.9 Å². The van der Waals surface area contributed by atoms with Crippen molar-refractivity contribution in [2.45, 2.75) is 13.1 Å². The normalized spacial score (nSPS) is 15.4. The number of ether oxygens (including phenoxy) is 2. The van der Waals surface area contributed by atoms with Crippen molar-refractivity contribution in [2.24, 2.45) is 0 Å². The largest absolute Gasteiger partial charge is 0.490 e. The maximum absolute atomic E-state index is 6.18. The van der Waals surface area contributed by atoms with Crippen LogP contribution in [0.15, 0.2) is 48.5 Å². The number of nitrogens with zero attached hydrogens (tertiary/aromatic N) is 3. The van der Waals surface area contributed by atoms with E-state index in [0.29, 0.717) is 17.4 Å². The maximum Gasteiger partial charge on any atom is 0.137 e. The summed E-state index contributed by atoms with van der Waals surface area (Å²) in [6.07, 6.45) is 0. The third kappa shape index (κ3) is 3.85. The average Bonchev–Trinajstić information content (AvgIpc) is 3.01. The van der Waals surface area contributed by atoms with E-state index >= 15 is 0 Å². The molecule has 0 saturated carbocycles. The number of para-hydroxylation sites is 3. The number of aromatic nitrogens is 2. The predicted molar refractivity (Wildman–Crippen MR) is 103 cm³/mol. The first-order valence-electron chi connectivity index (χ1n) is 8.93. The topological polar surface area (TPSA) is 39.5 Å². The number of halogens is 1. The Morgan fingerprint density at radius 1 is 1.04 bits per heavy atom. The van der Waals surface area contributed by atoms with Crippen molar-refractivity contribution >= 4 is 22.6 Å². The van der Waals surface area contributed by atoms with Gasteiger partial charge in [-0.05, 0) is 24.3 Å². The van der Waals surface area contributed by atoms with Crippen LogP contribution < -0.4 is 4.74 Å². The van der Waals surface area contributed by atoms with Gasteiger partial charge in [0, 0.05) is 13.1 Å². The Labute approximate surface area is 158 Å². The van der Waals surface area contributed by atoms with Crippen LogP contribution in [-0.4, -0.2) is 47.4 Å². The molecular weight excluding hydrogens is 350 g/mol. The Kier molecular flexibility index (Phi) is 5.39. The summed E-state index contributed by atoms with van der Waals surface area (Å²) < 4.78 is 13.6. The highest BCUT2D eigenvalue weighted by atomic mass is 35.5. The van der Waals surface area contributed by atoms with Gasteiger partial charge in [0.15, 0.2) is 0 Å². The molecule has 1 aromatic heterocycles. The molecule has 1 saturated heterocycles. The Morgan fingerprint density at radius 2 is 1.81 bits per heavy atom. The van der Waals surface area contributed by atoms with E-state index in [1.165, 1.54) is 0 Å². The minimum Gasteiger partial charge on any atom is -0.490 e. The molecule has 2 aromatic carbocycles. The van der Waals surface area contributed by atoms with Crippen molar-refractivity contribution in [3.05, 3.63) is 59.4 Å². The quantitative estimate of drug-likeness (QED) is 0.663. The Hall–Kier alpha value is -2.08. The molecule has 4 rings (SSSR count). The summed E-state index contributed by atoms with van der Waals surface area (Å²) in [7, 11) is 0. The first-order chi connectivity index (χ1) is 12.8. The highest BCUT2D eigenvalue weighted by Gasteiger charge is 2.16. The van der Waals surface area contributed by atoms with E-state index in [-0.39, 0.29) is 0 Å². The molecule has 136 valence electrons. The Bertz CT molecular complexity index is 874. The molecule has 1 aliphatic heterocycles. The molecule has 26 heavy (non-hydrogen) atoms. The van der Waals surface area contributed by atoms with E-state index in [2.05, 4.69) is 21.6 Å². The highest BCUT2D eigenvalue weighted by molar-refractivity contribution is 6.32. The van der Waals surface area contributed by atoms with Gasteiger partial charge in [-0.1, -0.05) is 35.9 Å². The molecular formula is C20H22ClN3O2. The van der Waals surface area contributed by atoms with E-state index in [1.54, 1.807) is 0 Å². The van der Waals surface area contributed by atoms with Crippen LogP contribution in [0.25, 0.3) is 11.0 Å². The lowest BCUT2D eigenvalue weighted by atomic mass is 10.3. The molecule has 0 N–H and O–H groups in total. The van der Waals surface area contributed by atoms with Gasteiger partial charge in [0.2, 0.25) is 0 Å². The lowest BCUT2D eigenvalue weighted by Crippen LogP contribution is -2.36. The lowest BCUT2D eigenvalue weighted by Gasteiger charge is -2.26. The molecule has 5 nitrogen and oxygen atoms in total. The van der Waals surface area contributed by atoms with Gasteiger partial charge >= 0.3 is 0 Å². The molecule has 6 heteroatoms. The molecule has 0 radical (unpaired) electrons. The number of benzene rings is 2. The number of morpholine rings is 1. The molecule has 0 atom stereocenters. The van der Waals surface area contributed by atoms with Crippen LogP contribution in [-0.2, 0) is 17.8 Å². The summed E-state index contributed by atoms with van der Waals surface area (Å²) in [5, 5.41) is 0.636. The van der Waals surface area contributed by atoms with Gasteiger partial charge in [-0.25, -0.2) is 4.98 Å². The first-order valence-corrected chi connectivity index (χ1v) is 9.30. The van der Waals surface area contributed by atoms with Crippen molar-refractivity contribution in [3.8, 4) is 5.75 Å². The van der Waals surface area contributed by atoms with Gasteiger partial charge < -0.3 is 14.0 Å².